The normalized spacial score (nSPS) is 10.7. The van der Waals surface area contributed by atoms with Crippen molar-refractivity contribution in [3.05, 3.63) is 47.5 Å². The van der Waals surface area contributed by atoms with E-state index < -0.39 is 0 Å². The van der Waals surface area contributed by atoms with Gasteiger partial charge in [0, 0.05) is 0 Å². The molecule has 0 aliphatic carbocycles. The van der Waals surface area contributed by atoms with Crippen LogP contribution < -0.4 is 0 Å². The predicted molar refractivity (Wildman–Crippen MR) is 49.7 cm³/mol. The Hall–Kier alpha value is -1.04. The molecule has 58 valence electrons. The second-order valence-corrected chi connectivity index (χ2v) is 2.76. The summed E-state index contributed by atoms with van der Waals surface area (Å²) in [5, 5.41) is 0. The number of benzene rings is 1. The van der Waals surface area contributed by atoms with Crippen molar-refractivity contribution in [3.8, 4) is 0 Å². The predicted octanol–water partition coefficient (Wildman–Crippen LogP) is 3.11. The highest BCUT2D eigenvalue weighted by atomic mass is 13.9. The molecule has 0 radical (unpaired) electrons. The van der Waals surface area contributed by atoms with E-state index in [4.69, 9.17) is 0 Å². The van der Waals surface area contributed by atoms with Crippen molar-refractivity contribution < 1.29 is 0 Å². The summed E-state index contributed by atoms with van der Waals surface area (Å²) in [6.45, 7) is 4.16. The largest absolute Gasteiger partial charge is 0.0913 e. The molecule has 0 saturated heterocycles. The molecule has 11 heavy (non-hydrogen) atoms. The van der Waals surface area contributed by atoms with Crippen molar-refractivity contribution in [2.45, 2.75) is 20.3 Å². The standard InChI is InChI=1S/C11H14/c1-3-4-5-11-8-6-10(2)7-9-11/h3-4,6-9H,5H2,1-2H3/b4-3+. The molecule has 0 aromatic heterocycles. The SMILES string of the molecule is C/C=C/Cc1ccc(C)cc1. The molecule has 0 aliphatic rings. The average molecular weight is 146 g/mol. The summed E-state index contributed by atoms with van der Waals surface area (Å²) in [6, 6.07) is 8.66. The zero-order valence-electron chi connectivity index (χ0n) is 7.17. The van der Waals surface area contributed by atoms with Crippen LogP contribution in [-0.4, -0.2) is 0 Å². The second kappa shape index (κ2) is 3.97. The van der Waals surface area contributed by atoms with Crippen LogP contribution in [0.4, 0.5) is 0 Å². The maximum Gasteiger partial charge on any atom is -0.00976 e. The molecule has 0 N–H and O–H groups in total. The van der Waals surface area contributed by atoms with Crippen LogP contribution in [-0.2, 0) is 6.42 Å². The molecule has 0 nitrogen and oxygen atoms in total. The first-order valence-electron chi connectivity index (χ1n) is 3.99. The van der Waals surface area contributed by atoms with Crippen molar-refractivity contribution in [1.82, 2.24) is 0 Å². The van der Waals surface area contributed by atoms with Crippen LogP contribution >= 0.6 is 0 Å². The van der Waals surface area contributed by atoms with E-state index in [-0.39, 0.29) is 0 Å². The van der Waals surface area contributed by atoms with Gasteiger partial charge in [-0.2, -0.15) is 0 Å². The first-order chi connectivity index (χ1) is 5.33. The molecule has 0 unspecified atom stereocenters. The lowest BCUT2D eigenvalue weighted by Crippen LogP contribution is -1.79. The molecule has 0 amide bonds. The molecule has 0 bridgehead atoms. The summed E-state index contributed by atoms with van der Waals surface area (Å²) >= 11 is 0. The van der Waals surface area contributed by atoms with Gasteiger partial charge in [-0.3, -0.25) is 0 Å². The van der Waals surface area contributed by atoms with E-state index in [1.54, 1.807) is 0 Å². The van der Waals surface area contributed by atoms with Gasteiger partial charge < -0.3 is 0 Å². The van der Waals surface area contributed by atoms with Gasteiger partial charge in [0.25, 0.3) is 0 Å². The Morgan fingerprint density at radius 2 is 1.82 bits per heavy atom. The topological polar surface area (TPSA) is 0 Å². The van der Waals surface area contributed by atoms with Crippen LogP contribution in [0.1, 0.15) is 18.1 Å². The maximum absolute atomic E-state index is 2.18. The van der Waals surface area contributed by atoms with E-state index in [2.05, 4.69) is 43.3 Å². The highest BCUT2D eigenvalue weighted by Crippen LogP contribution is 2.03. The smallest absolute Gasteiger partial charge is 0.00976 e. The Morgan fingerprint density at radius 1 is 1.18 bits per heavy atom. The van der Waals surface area contributed by atoms with E-state index in [0.29, 0.717) is 0 Å². The lowest BCUT2D eigenvalue weighted by molar-refractivity contribution is 1.25. The molecule has 0 heteroatoms. The van der Waals surface area contributed by atoms with Gasteiger partial charge in [0.05, 0.1) is 0 Å². The van der Waals surface area contributed by atoms with Gasteiger partial charge in [-0.25, -0.2) is 0 Å². The summed E-state index contributed by atoms with van der Waals surface area (Å²) in [5.74, 6) is 0. The van der Waals surface area contributed by atoms with Crippen molar-refractivity contribution in [2.75, 3.05) is 0 Å². The van der Waals surface area contributed by atoms with E-state index in [0.717, 1.165) is 6.42 Å². The van der Waals surface area contributed by atoms with Gasteiger partial charge >= 0.3 is 0 Å². The number of allylic oxidation sites excluding steroid dienone is 2. The van der Waals surface area contributed by atoms with E-state index in [1.165, 1.54) is 11.1 Å². The quantitative estimate of drug-likeness (QED) is 0.562. The van der Waals surface area contributed by atoms with Gasteiger partial charge in [0.2, 0.25) is 0 Å². The van der Waals surface area contributed by atoms with Crippen molar-refractivity contribution in [1.29, 1.82) is 0 Å². The van der Waals surface area contributed by atoms with Crippen LogP contribution in [0, 0.1) is 6.92 Å². The van der Waals surface area contributed by atoms with E-state index in [1.807, 2.05) is 6.92 Å². The third kappa shape index (κ3) is 2.58. The average Bonchev–Trinajstić information content (AvgIpc) is 2.04. The Labute approximate surface area is 68.6 Å². The Bertz CT molecular complexity index is 229. The fraction of sp³-hybridized carbons (Fsp3) is 0.273. The number of aryl methyl sites for hydroxylation is 1. The van der Waals surface area contributed by atoms with E-state index >= 15 is 0 Å². The summed E-state index contributed by atoms with van der Waals surface area (Å²) < 4.78 is 0. The summed E-state index contributed by atoms with van der Waals surface area (Å²) in [7, 11) is 0. The molecule has 0 fully saturated rings. The number of rotatable bonds is 2. The monoisotopic (exact) mass is 146 g/mol. The molecule has 0 atom stereocenters. The first kappa shape index (κ1) is 8.06. The molecule has 1 aromatic carbocycles. The van der Waals surface area contributed by atoms with Crippen LogP contribution in [0.15, 0.2) is 36.4 Å². The van der Waals surface area contributed by atoms with Gasteiger partial charge in [0.1, 0.15) is 0 Å². The van der Waals surface area contributed by atoms with Crippen molar-refractivity contribution >= 4 is 0 Å². The van der Waals surface area contributed by atoms with Crippen LogP contribution in [0.2, 0.25) is 0 Å². The Kier molecular flexibility index (Phi) is 2.91. The van der Waals surface area contributed by atoms with Crippen LogP contribution in [0.3, 0.4) is 0 Å². The summed E-state index contributed by atoms with van der Waals surface area (Å²) in [5.41, 5.74) is 2.71. The number of hydrogen-bond donors (Lipinski definition) is 0. The zero-order chi connectivity index (χ0) is 8.10. The fourth-order valence-corrected chi connectivity index (χ4v) is 0.978. The molecule has 0 heterocycles. The molecular formula is C11H14. The highest BCUT2D eigenvalue weighted by molar-refractivity contribution is 5.22. The van der Waals surface area contributed by atoms with Gasteiger partial charge in [-0.15, -0.1) is 0 Å². The third-order valence-corrected chi connectivity index (χ3v) is 1.71. The first-order valence-corrected chi connectivity index (χ1v) is 3.99. The fourth-order valence-electron chi connectivity index (χ4n) is 0.978. The van der Waals surface area contributed by atoms with Crippen LogP contribution in [0.5, 0.6) is 0 Å². The molecule has 1 rings (SSSR count). The van der Waals surface area contributed by atoms with Gasteiger partial charge in [-0.05, 0) is 25.8 Å². The number of hydrogen-bond acceptors (Lipinski definition) is 0. The Morgan fingerprint density at radius 3 is 2.36 bits per heavy atom. The molecule has 0 aliphatic heterocycles. The minimum absolute atomic E-state index is 1.05. The maximum atomic E-state index is 2.18. The lowest BCUT2D eigenvalue weighted by Gasteiger charge is -1.95. The Balaban J connectivity index is 2.66. The lowest BCUT2D eigenvalue weighted by atomic mass is 10.1. The summed E-state index contributed by atoms with van der Waals surface area (Å²) in [6.07, 6.45) is 5.31. The third-order valence-electron chi connectivity index (χ3n) is 1.71. The highest BCUT2D eigenvalue weighted by Gasteiger charge is 1.86. The molecular weight excluding hydrogens is 132 g/mol. The van der Waals surface area contributed by atoms with Crippen molar-refractivity contribution in [2.24, 2.45) is 0 Å². The molecule has 0 spiro atoms. The summed E-state index contributed by atoms with van der Waals surface area (Å²) in [4.78, 5) is 0. The minimum atomic E-state index is 1.05. The van der Waals surface area contributed by atoms with E-state index in [9.17, 15) is 0 Å². The van der Waals surface area contributed by atoms with Crippen molar-refractivity contribution in [3.63, 3.8) is 0 Å². The van der Waals surface area contributed by atoms with Gasteiger partial charge in [-0.1, -0.05) is 42.0 Å². The zero-order valence-corrected chi connectivity index (χ0v) is 7.17. The molecule has 0 saturated carbocycles. The molecule has 1 aromatic rings. The minimum Gasteiger partial charge on any atom is -0.0913 e. The second-order valence-electron chi connectivity index (χ2n) is 2.76. The van der Waals surface area contributed by atoms with Crippen LogP contribution in [0.25, 0.3) is 0 Å². The van der Waals surface area contributed by atoms with Gasteiger partial charge in [0.15, 0.2) is 0 Å².